The SMILES string of the molecule is C=CCNC(=O)/C(C#N)=C\c1ccc(C#N)cc1. The van der Waals surface area contributed by atoms with Gasteiger partial charge >= 0.3 is 0 Å². The van der Waals surface area contributed by atoms with Crippen molar-refractivity contribution >= 4 is 12.0 Å². The minimum absolute atomic E-state index is 0.0153. The van der Waals surface area contributed by atoms with Crippen molar-refractivity contribution in [3.05, 3.63) is 53.6 Å². The highest BCUT2D eigenvalue weighted by molar-refractivity contribution is 6.01. The molecular weight excluding hydrogens is 226 g/mol. The van der Waals surface area contributed by atoms with Gasteiger partial charge in [0, 0.05) is 6.54 Å². The van der Waals surface area contributed by atoms with Crippen LogP contribution in [0.1, 0.15) is 11.1 Å². The molecule has 4 nitrogen and oxygen atoms in total. The molecule has 0 saturated heterocycles. The molecule has 0 bridgehead atoms. The molecule has 1 N–H and O–H groups in total. The number of carbonyl (C=O) groups is 1. The van der Waals surface area contributed by atoms with Crippen LogP contribution < -0.4 is 5.32 Å². The fraction of sp³-hybridized carbons (Fsp3) is 0.0714. The molecular formula is C14H11N3O. The van der Waals surface area contributed by atoms with Crippen molar-refractivity contribution in [1.29, 1.82) is 10.5 Å². The summed E-state index contributed by atoms with van der Waals surface area (Å²) in [6.45, 7) is 3.78. The zero-order valence-corrected chi connectivity index (χ0v) is 9.68. The predicted octanol–water partition coefficient (Wildman–Crippen LogP) is 1.77. The normalized spacial score (nSPS) is 10.0. The largest absolute Gasteiger partial charge is 0.348 e. The average Bonchev–Trinajstić information content (AvgIpc) is 2.42. The van der Waals surface area contributed by atoms with E-state index in [1.807, 2.05) is 12.1 Å². The maximum absolute atomic E-state index is 11.6. The Bertz CT molecular complexity index is 556. The number of hydrogen-bond donors (Lipinski definition) is 1. The summed E-state index contributed by atoms with van der Waals surface area (Å²) in [5.41, 5.74) is 1.24. The summed E-state index contributed by atoms with van der Waals surface area (Å²) in [6, 6.07) is 10.4. The number of nitriles is 2. The Labute approximate surface area is 105 Å². The fourth-order valence-electron chi connectivity index (χ4n) is 1.23. The second-order valence-corrected chi connectivity index (χ2v) is 3.40. The Balaban J connectivity index is 2.90. The minimum Gasteiger partial charge on any atom is -0.348 e. The van der Waals surface area contributed by atoms with E-state index in [4.69, 9.17) is 10.5 Å². The molecule has 18 heavy (non-hydrogen) atoms. The summed E-state index contributed by atoms with van der Waals surface area (Å²) in [4.78, 5) is 11.6. The monoisotopic (exact) mass is 237 g/mol. The van der Waals surface area contributed by atoms with Crippen molar-refractivity contribution in [3.8, 4) is 12.1 Å². The average molecular weight is 237 g/mol. The molecule has 0 heterocycles. The van der Waals surface area contributed by atoms with Crippen molar-refractivity contribution in [2.75, 3.05) is 6.54 Å². The summed E-state index contributed by atoms with van der Waals surface area (Å²) in [5, 5.41) is 20.1. The van der Waals surface area contributed by atoms with Gasteiger partial charge in [-0.3, -0.25) is 4.79 Å². The minimum atomic E-state index is -0.443. The number of carbonyl (C=O) groups excluding carboxylic acids is 1. The van der Waals surface area contributed by atoms with Gasteiger partial charge in [-0.1, -0.05) is 18.2 Å². The first-order chi connectivity index (χ1) is 8.71. The first-order valence-electron chi connectivity index (χ1n) is 5.22. The van der Waals surface area contributed by atoms with Crippen LogP contribution in [0.4, 0.5) is 0 Å². The van der Waals surface area contributed by atoms with Crippen molar-refractivity contribution in [1.82, 2.24) is 5.32 Å². The lowest BCUT2D eigenvalue weighted by Crippen LogP contribution is -2.24. The van der Waals surface area contributed by atoms with Crippen LogP contribution in [0.25, 0.3) is 6.08 Å². The van der Waals surface area contributed by atoms with Gasteiger partial charge in [-0.25, -0.2) is 0 Å². The van der Waals surface area contributed by atoms with Gasteiger partial charge in [-0.05, 0) is 23.8 Å². The van der Waals surface area contributed by atoms with Gasteiger partial charge in [0.15, 0.2) is 0 Å². The van der Waals surface area contributed by atoms with E-state index >= 15 is 0 Å². The van der Waals surface area contributed by atoms with E-state index in [0.717, 1.165) is 0 Å². The van der Waals surface area contributed by atoms with Gasteiger partial charge in [0.25, 0.3) is 5.91 Å². The number of rotatable bonds is 4. The molecule has 0 aromatic heterocycles. The Hall–Kier alpha value is -2.85. The summed E-state index contributed by atoms with van der Waals surface area (Å²) in [6.07, 6.45) is 3.01. The van der Waals surface area contributed by atoms with E-state index in [9.17, 15) is 4.79 Å². The summed E-state index contributed by atoms with van der Waals surface area (Å²) >= 11 is 0. The molecule has 0 aliphatic heterocycles. The third-order valence-corrected chi connectivity index (χ3v) is 2.12. The number of amides is 1. The topological polar surface area (TPSA) is 76.7 Å². The smallest absolute Gasteiger partial charge is 0.262 e. The highest BCUT2D eigenvalue weighted by atomic mass is 16.1. The van der Waals surface area contributed by atoms with Crippen LogP contribution in [-0.4, -0.2) is 12.5 Å². The first-order valence-corrected chi connectivity index (χ1v) is 5.22. The van der Waals surface area contributed by atoms with Gasteiger partial charge in [0.2, 0.25) is 0 Å². The quantitative estimate of drug-likeness (QED) is 0.492. The maximum Gasteiger partial charge on any atom is 0.262 e. The van der Waals surface area contributed by atoms with E-state index < -0.39 is 5.91 Å². The van der Waals surface area contributed by atoms with Gasteiger partial charge in [-0.2, -0.15) is 10.5 Å². The molecule has 0 fully saturated rings. The Morgan fingerprint density at radius 3 is 2.50 bits per heavy atom. The van der Waals surface area contributed by atoms with Gasteiger partial charge in [0.05, 0.1) is 11.6 Å². The van der Waals surface area contributed by atoms with Crippen LogP contribution in [0.2, 0.25) is 0 Å². The van der Waals surface area contributed by atoms with Crippen LogP contribution in [0.15, 0.2) is 42.5 Å². The molecule has 0 spiro atoms. The third kappa shape index (κ3) is 3.62. The van der Waals surface area contributed by atoms with Gasteiger partial charge in [0.1, 0.15) is 11.6 Å². The maximum atomic E-state index is 11.6. The summed E-state index contributed by atoms with van der Waals surface area (Å²) in [7, 11) is 0. The number of benzene rings is 1. The highest BCUT2D eigenvalue weighted by Crippen LogP contribution is 2.08. The standard InChI is InChI=1S/C14H11N3O/c1-2-7-17-14(18)13(10-16)8-11-3-5-12(9-15)6-4-11/h2-6,8H,1,7H2,(H,17,18)/b13-8-. The van der Waals surface area contributed by atoms with Crippen molar-refractivity contribution in [2.24, 2.45) is 0 Å². The lowest BCUT2D eigenvalue weighted by atomic mass is 10.1. The van der Waals surface area contributed by atoms with Crippen molar-refractivity contribution in [2.45, 2.75) is 0 Å². The lowest BCUT2D eigenvalue weighted by molar-refractivity contribution is -0.116. The molecule has 1 rings (SSSR count). The van der Waals surface area contributed by atoms with Crippen LogP contribution in [0.5, 0.6) is 0 Å². The lowest BCUT2D eigenvalue weighted by Gasteiger charge is -2.00. The highest BCUT2D eigenvalue weighted by Gasteiger charge is 2.07. The molecule has 0 saturated carbocycles. The Morgan fingerprint density at radius 2 is 2.00 bits per heavy atom. The first kappa shape index (κ1) is 13.2. The molecule has 1 aromatic rings. The van der Waals surface area contributed by atoms with E-state index in [1.54, 1.807) is 24.3 Å². The van der Waals surface area contributed by atoms with Crippen molar-refractivity contribution < 1.29 is 4.79 Å². The van der Waals surface area contributed by atoms with Crippen LogP contribution in [0, 0.1) is 22.7 Å². The van der Waals surface area contributed by atoms with Gasteiger partial charge < -0.3 is 5.32 Å². The molecule has 0 aliphatic rings. The zero-order chi connectivity index (χ0) is 13.4. The Kier molecular flexibility index (Phi) is 4.90. The molecule has 4 heteroatoms. The fourth-order valence-corrected chi connectivity index (χ4v) is 1.23. The molecule has 0 atom stereocenters. The van der Waals surface area contributed by atoms with E-state index in [1.165, 1.54) is 12.2 Å². The van der Waals surface area contributed by atoms with Crippen molar-refractivity contribution in [3.63, 3.8) is 0 Å². The van der Waals surface area contributed by atoms with Crippen LogP contribution >= 0.6 is 0 Å². The number of hydrogen-bond acceptors (Lipinski definition) is 3. The molecule has 0 unspecified atom stereocenters. The zero-order valence-electron chi connectivity index (χ0n) is 9.68. The summed E-state index contributed by atoms with van der Waals surface area (Å²) < 4.78 is 0. The molecule has 1 aromatic carbocycles. The molecule has 0 radical (unpaired) electrons. The second-order valence-electron chi connectivity index (χ2n) is 3.40. The molecule has 0 aliphatic carbocycles. The Morgan fingerprint density at radius 1 is 1.33 bits per heavy atom. The molecule has 1 amide bonds. The number of nitrogens with one attached hydrogen (secondary N) is 1. The second kappa shape index (κ2) is 6.67. The molecule has 88 valence electrons. The predicted molar refractivity (Wildman–Crippen MR) is 68.0 cm³/mol. The van der Waals surface area contributed by atoms with Gasteiger partial charge in [-0.15, -0.1) is 6.58 Å². The summed E-state index contributed by atoms with van der Waals surface area (Å²) in [5.74, 6) is -0.443. The number of nitrogens with zero attached hydrogens (tertiary/aromatic N) is 2. The van der Waals surface area contributed by atoms with Crippen LogP contribution in [0.3, 0.4) is 0 Å². The van der Waals surface area contributed by atoms with E-state index in [-0.39, 0.29) is 5.57 Å². The van der Waals surface area contributed by atoms with E-state index in [2.05, 4.69) is 11.9 Å². The van der Waals surface area contributed by atoms with E-state index in [0.29, 0.717) is 17.7 Å². The third-order valence-electron chi connectivity index (χ3n) is 2.12. The van der Waals surface area contributed by atoms with Crippen LogP contribution in [-0.2, 0) is 4.79 Å².